The van der Waals surface area contributed by atoms with Crippen molar-refractivity contribution in [3.05, 3.63) is 53.4 Å². The summed E-state index contributed by atoms with van der Waals surface area (Å²) in [6.45, 7) is 0.485. The molecule has 0 saturated carbocycles. The predicted molar refractivity (Wildman–Crippen MR) is 86.6 cm³/mol. The molecular formula is C16H15N3O3S. The van der Waals surface area contributed by atoms with Crippen LogP contribution in [-0.2, 0) is 22.7 Å². The number of para-hydroxylation sites is 1. The summed E-state index contributed by atoms with van der Waals surface area (Å²) in [5.41, 5.74) is 0.899. The number of nitrogens with one attached hydrogen (secondary N) is 1. The summed E-state index contributed by atoms with van der Waals surface area (Å²) >= 11 is 1.51. The Bertz CT molecular complexity index is 793. The highest BCUT2D eigenvalue weighted by molar-refractivity contribution is 7.18. The van der Waals surface area contributed by atoms with Gasteiger partial charge in [-0.05, 0) is 24.3 Å². The van der Waals surface area contributed by atoms with Crippen LogP contribution in [0.15, 0.2) is 47.1 Å². The molecule has 3 aromatic rings. The molecule has 0 spiro atoms. The first-order valence-corrected chi connectivity index (χ1v) is 7.85. The maximum absolute atomic E-state index is 12.1. The summed E-state index contributed by atoms with van der Waals surface area (Å²) in [6.07, 6.45) is 1.52. The van der Waals surface area contributed by atoms with Gasteiger partial charge in [0.05, 0.1) is 29.6 Å². The molecule has 2 amide bonds. The van der Waals surface area contributed by atoms with Crippen LogP contribution in [0.4, 0.5) is 0 Å². The van der Waals surface area contributed by atoms with Gasteiger partial charge in [-0.2, -0.15) is 0 Å². The molecular weight excluding hydrogens is 314 g/mol. The van der Waals surface area contributed by atoms with E-state index in [2.05, 4.69) is 10.3 Å². The molecule has 0 atom stereocenters. The summed E-state index contributed by atoms with van der Waals surface area (Å²) in [5.74, 6) is -0.666. The van der Waals surface area contributed by atoms with Crippen LogP contribution in [0.25, 0.3) is 10.2 Å². The van der Waals surface area contributed by atoms with E-state index in [1.165, 1.54) is 22.5 Å². The van der Waals surface area contributed by atoms with Crippen molar-refractivity contribution in [2.75, 3.05) is 7.05 Å². The number of fused-ring (bicyclic) bond motifs is 1. The van der Waals surface area contributed by atoms with Gasteiger partial charge in [-0.25, -0.2) is 4.98 Å². The molecule has 1 aromatic carbocycles. The number of aromatic nitrogens is 1. The van der Waals surface area contributed by atoms with Crippen molar-refractivity contribution in [1.29, 1.82) is 0 Å². The van der Waals surface area contributed by atoms with Gasteiger partial charge in [0, 0.05) is 7.05 Å². The van der Waals surface area contributed by atoms with Gasteiger partial charge in [0.2, 0.25) is 0 Å². The first-order chi connectivity index (χ1) is 11.1. The molecule has 0 radical (unpaired) electrons. The van der Waals surface area contributed by atoms with Crippen LogP contribution in [0.2, 0.25) is 0 Å². The van der Waals surface area contributed by atoms with Gasteiger partial charge in [-0.15, -0.1) is 11.3 Å². The molecule has 2 aromatic heterocycles. The maximum Gasteiger partial charge on any atom is 0.312 e. The molecule has 1 N–H and O–H groups in total. The first kappa shape index (κ1) is 15.2. The van der Waals surface area contributed by atoms with E-state index >= 15 is 0 Å². The van der Waals surface area contributed by atoms with Crippen LogP contribution in [-0.4, -0.2) is 28.7 Å². The third-order valence-electron chi connectivity index (χ3n) is 3.25. The molecule has 0 unspecified atom stereocenters. The van der Waals surface area contributed by atoms with Crippen LogP contribution >= 0.6 is 11.3 Å². The summed E-state index contributed by atoms with van der Waals surface area (Å²) < 4.78 is 6.17. The number of amides is 2. The number of carbonyl (C=O) groups excluding carboxylic acids is 2. The van der Waals surface area contributed by atoms with Gasteiger partial charge in [0.25, 0.3) is 0 Å². The molecule has 7 heteroatoms. The van der Waals surface area contributed by atoms with Crippen LogP contribution in [0, 0.1) is 0 Å². The Balaban J connectivity index is 1.59. The van der Waals surface area contributed by atoms with E-state index in [1.54, 1.807) is 19.2 Å². The zero-order valence-electron chi connectivity index (χ0n) is 12.5. The minimum Gasteiger partial charge on any atom is -0.467 e. The van der Waals surface area contributed by atoms with E-state index < -0.39 is 11.8 Å². The Morgan fingerprint density at radius 1 is 1.26 bits per heavy atom. The Labute approximate surface area is 136 Å². The number of benzene rings is 1. The molecule has 3 rings (SSSR count). The van der Waals surface area contributed by atoms with Crippen molar-refractivity contribution in [3.8, 4) is 0 Å². The Hall–Kier alpha value is -2.67. The van der Waals surface area contributed by atoms with E-state index in [0.29, 0.717) is 12.3 Å². The second kappa shape index (κ2) is 6.62. The standard InChI is InChI=1S/C16H15N3O3S/c1-19(10-14-18-12-6-2-3-7-13(12)23-14)16(21)15(20)17-9-11-5-4-8-22-11/h2-8H,9-10H2,1H3,(H,17,20). The molecule has 118 valence electrons. The summed E-state index contributed by atoms with van der Waals surface area (Å²) in [7, 11) is 1.58. The van der Waals surface area contributed by atoms with Gasteiger partial charge in [0.15, 0.2) is 0 Å². The highest BCUT2D eigenvalue weighted by Crippen LogP contribution is 2.22. The Morgan fingerprint density at radius 3 is 2.83 bits per heavy atom. The van der Waals surface area contributed by atoms with Crippen molar-refractivity contribution in [2.24, 2.45) is 0 Å². The van der Waals surface area contributed by atoms with Gasteiger partial charge in [-0.1, -0.05) is 12.1 Å². The summed E-state index contributed by atoms with van der Waals surface area (Å²) in [6, 6.07) is 11.2. The second-order valence-electron chi connectivity index (χ2n) is 5.00. The Morgan fingerprint density at radius 2 is 2.09 bits per heavy atom. The SMILES string of the molecule is CN(Cc1nc2ccccc2s1)C(=O)C(=O)NCc1ccco1. The number of rotatable bonds is 4. The average Bonchev–Trinajstić information content (AvgIpc) is 3.20. The number of likely N-dealkylation sites (N-methyl/N-ethyl adjacent to an activating group) is 1. The van der Waals surface area contributed by atoms with Gasteiger partial charge < -0.3 is 14.6 Å². The van der Waals surface area contributed by atoms with Gasteiger partial charge in [-0.3, -0.25) is 9.59 Å². The molecule has 0 aliphatic carbocycles. The van der Waals surface area contributed by atoms with Crippen LogP contribution in [0.1, 0.15) is 10.8 Å². The van der Waals surface area contributed by atoms with Crippen molar-refractivity contribution >= 4 is 33.4 Å². The van der Waals surface area contributed by atoms with Crippen LogP contribution in [0.5, 0.6) is 0 Å². The van der Waals surface area contributed by atoms with E-state index in [0.717, 1.165) is 15.2 Å². The van der Waals surface area contributed by atoms with E-state index in [4.69, 9.17) is 4.42 Å². The molecule has 0 saturated heterocycles. The second-order valence-corrected chi connectivity index (χ2v) is 6.11. The number of furan rings is 1. The van der Waals surface area contributed by atoms with E-state index in [-0.39, 0.29) is 6.54 Å². The maximum atomic E-state index is 12.1. The number of hydrogen-bond donors (Lipinski definition) is 1. The molecule has 0 aliphatic rings. The molecule has 0 fully saturated rings. The number of nitrogens with zero attached hydrogens (tertiary/aromatic N) is 2. The van der Waals surface area contributed by atoms with Crippen LogP contribution < -0.4 is 5.32 Å². The predicted octanol–water partition coefficient (Wildman–Crippen LogP) is 2.16. The number of carbonyl (C=O) groups is 2. The van der Waals surface area contributed by atoms with Crippen LogP contribution in [0.3, 0.4) is 0 Å². The third kappa shape index (κ3) is 3.57. The normalized spacial score (nSPS) is 10.7. The minimum atomic E-state index is -0.662. The lowest BCUT2D eigenvalue weighted by molar-refractivity contribution is -0.145. The minimum absolute atomic E-state index is 0.187. The molecule has 2 heterocycles. The molecule has 0 aliphatic heterocycles. The topological polar surface area (TPSA) is 75.4 Å². The molecule has 0 bridgehead atoms. The Kier molecular flexibility index (Phi) is 4.38. The number of thiazole rings is 1. The van der Waals surface area contributed by atoms with Crippen molar-refractivity contribution in [3.63, 3.8) is 0 Å². The number of hydrogen-bond acceptors (Lipinski definition) is 5. The third-order valence-corrected chi connectivity index (χ3v) is 4.28. The zero-order valence-corrected chi connectivity index (χ0v) is 13.3. The summed E-state index contributed by atoms with van der Waals surface area (Å²) in [5, 5.41) is 3.33. The first-order valence-electron chi connectivity index (χ1n) is 7.03. The largest absolute Gasteiger partial charge is 0.467 e. The smallest absolute Gasteiger partial charge is 0.312 e. The van der Waals surface area contributed by atoms with Crippen molar-refractivity contribution in [1.82, 2.24) is 15.2 Å². The fourth-order valence-corrected chi connectivity index (χ4v) is 3.11. The monoisotopic (exact) mass is 329 g/mol. The van der Waals surface area contributed by atoms with Gasteiger partial charge in [0.1, 0.15) is 10.8 Å². The fraction of sp³-hybridized carbons (Fsp3) is 0.188. The lowest BCUT2D eigenvalue weighted by Gasteiger charge is -2.14. The van der Waals surface area contributed by atoms with Crippen molar-refractivity contribution in [2.45, 2.75) is 13.1 Å². The quantitative estimate of drug-likeness (QED) is 0.744. The summed E-state index contributed by atoms with van der Waals surface area (Å²) in [4.78, 5) is 29.8. The van der Waals surface area contributed by atoms with Crippen molar-refractivity contribution < 1.29 is 14.0 Å². The molecule has 23 heavy (non-hydrogen) atoms. The molecule has 6 nitrogen and oxygen atoms in total. The fourth-order valence-electron chi connectivity index (χ4n) is 2.09. The van der Waals surface area contributed by atoms with Gasteiger partial charge >= 0.3 is 11.8 Å². The lowest BCUT2D eigenvalue weighted by Crippen LogP contribution is -2.40. The highest BCUT2D eigenvalue weighted by atomic mass is 32.1. The lowest BCUT2D eigenvalue weighted by atomic mass is 10.3. The average molecular weight is 329 g/mol. The van der Waals surface area contributed by atoms with E-state index in [1.807, 2.05) is 24.3 Å². The zero-order chi connectivity index (χ0) is 16.2. The van der Waals surface area contributed by atoms with E-state index in [9.17, 15) is 9.59 Å². The highest BCUT2D eigenvalue weighted by Gasteiger charge is 2.20.